The Morgan fingerprint density at radius 1 is 1.08 bits per heavy atom. The molecule has 0 bridgehead atoms. The summed E-state index contributed by atoms with van der Waals surface area (Å²) in [5.41, 5.74) is 6.78. The minimum absolute atomic E-state index is 0.0220. The Labute approximate surface area is 157 Å². The second-order valence-electron chi connectivity index (χ2n) is 9.68. The lowest BCUT2D eigenvalue weighted by molar-refractivity contribution is -0.156. The Kier molecular flexibility index (Phi) is 5.26. The van der Waals surface area contributed by atoms with Crippen LogP contribution in [0.25, 0.3) is 0 Å². The van der Waals surface area contributed by atoms with Crippen molar-refractivity contribution in [3.8, 4) is 0 Å². The summed E-state index contributed by atoms with van der Waals surface area (Å²) in [6.07, 6.45) is 1.35. The Hall–Kier alpha value is -1.88. The van der Waals surface area contributed by atoms with Crippen LogP contribution in [0.15, 0.2) is 24.3 Å². The first-order valence-electron chi connectivity index (χ1n) is 9.26. The number of para-hydroxylation sites is 1. The van der Waals surface area contributed by atoms with Crippen LogP contribution in [0.3, 0.4) is 0 Å². The van der Waals surface area contributed by atoms with Gasteiger partial charge in [0.2, 0.25) is 0 Å². The van der Waals surface area contributed by atoms with Crippen molar-refractivity contribution in [2.24, 2.45) is 5.73 Å². The fourth-order valence-electron chi connectivity index (χ4n) is 4.43. The number of carbonyl (C=O) groups excluding carboxylic acids is 2. The topological polar surface area (TPSA) is 75.4 Å². The van der Waals surface area contributed by atoms with Gasteiger partial charge in [0, 0.05) is 22.8 Å². The van der Waals surface area contributed by atoms with Crippen molar-refractivity contribution in [1.82, 2.24) is 4.90 Å². The van der Waals surface area contributed by atoms with E-state index in [9.17, 15) is 9.59 Å². The molecule has 0 saturated carbocycles. The number of rotatable bonds is 1. The highest BCUT2D eigenvalue weighted by Crippen LogP contribution is 2.38. The number of amides is 2. The Bertz CT molecular complexity index is 683. The molecule has 3 N–H and O–H groups in total. The third-order valence-electron chi connectivity index (χ3n) is 5.11. The molecule has 26 heavy (non-hydrogen) atoms. The summed E-state index contributed by atoms with van der Waals surface area (Å²) < 4.78 is 0. The molecule has 1 aliphatic heterocycles. The number of nitrogens with one attached hydrogen (secondary N) is 1. The van der Waals surface area contributed by atoms with Crippen molar-refractivity contribution in [2.75, 3.05) is 5.32 Å². The number of anilines is 1. The molecule has 1 saturated heterocycles. The fourth-order valence-corrected chi connectivity index (χ4v) is 4.43. The van der Waals surface area contributed by atoms with E-state index in [1.165, 1.54) is 0 Å². The maximum atomic E-state index is 13.1. The number of piperidine rings is 1. The summed E-state index contributed by atoms with van der Waals surface area (Å²) >= 11 is 0. The van der Waals surface area contributed by atoms with Crippen molar-refractivity contribution in [3.05, 3.63) is 29.8 Å². The van der Waals surface area contributed by atoms with E-state index in [0.29, 0.717) is 18.5 Å². The molecule has 5 heteroatoms. The van der Waals surface area contributed by atoms with E-state index in [1.54, 1.807) is 4.90 Å². The molecular weight excluding hydrogens is 326 g/mol. The highest BCUT2D eigenvalue weighted by molar-refractivity contribution is 6.40. The average Bonchev–Trinajstić information content (AvgIpc) is 2.43. The van der Waals surface area contributed by atoms with E-state index in [4.69, 9.17) is 5.73 Å². The summed E-state index contributed by atoms with van der Waals surface area (Å²) in [6, 6.07) is 7.65. The maximum absolute atomic E-state index is 13.1. The molecule has 1 fully saturated rings. The molecule has 144 valence electrons. The second-order valence-corrected chi connectivity index (χ2v) is 9.68. The van der Waals surface area contributed by atoms with Gasteiger partial charge in [-0.1, -0.05) is 39.0 Å². The van der Waals surface area contributed by atoms with Crippen LogP contribution in [0.2, 0.25) is 0 Å². The van der Waals surface area contributed by atoms with Gasteiger partial charge in [-0.3, -0.25) is 9.59 Å². The molecule has 1 aromatic carbocycles. The molecule has 2 rings (SSSR count). The molecule has 0 unspecified atom stereocenters. The fraction of sp³-hybridized carbons (Fsp3) is 0.619. The zero-order valence-corrected chi connectivity index (χ0v) is 17.1. The lowest BCUT2D eigenvalue weighted by Crippen LogP contribution is -2.66. The van der Waals surface area contributed by atoms with Gasteiger partial charge in [-0.2, -0.15) is 0 Å². The minimum atomic E-state index is -0.599. The van der Waals surface area contributed by atoms with Crippen LogP contribution >= 0.6 is 0 Å². The van der Waals surface area contributed by atoms with Crippen LogP contribution in [-0.4, -0.2) is 33.8 Å². The number of benzene rings is 1. The Morgan fingerprint density at radius 3 is 2.08 bits per heavy atom. The first kappa shape index (κ1) is 20.4. The third kappa shape index (κ3) is 4.09. The first-order chi connectivity index (χ1) is 11.8. The summed E-state index contributed by atoms with van der Waals surface area (Å²) in [5, 5.41) is 2.84. The van der Waals surface area contributed by atoms with Crippen LogP contribution < -0.4 is 11.1 Å². The smallest absolute Gasteiger partial charge is 0.313 e. The van der Waals surface area contributed by atoms with Crippen molar-refractivity contribution in [3.63, 3.8) is 0 Å². The number of nitrogens with zero attached hydrogens (tertiary/aromatic N) is 1. The number of hydrogen-bond acceptors (Lipinski definition) is 3. The van der Waals surface area contributed by atoms with Crippen LogP contribution in [0.1, 0.15) is 66.9 Å². The van der Waals surface area contributed by atoms with E-state index < -0.39 is 22.9 Å². The molecular formula is C21H33N3O2. The predicted octanol–water partition coefficient (Wildman–Crippen LogP) is 3.43. The summed E-state index contributed by atoms with van der Waals surface area (Å²) in [6.45, 7) is 14.1. The Morgan fingerprint density at radius 2 is 1.58 bits per heavy atom. The van der Waals surface area contributed by atoms with Crippen LogP contribution in [-0.2, 0) is 15.0 Å². The summed E-state index contributed by atoms with van der Waals surface area (Å²) in [5.74, 6) is -1.10. The normalized spacial score (nSPS) is 19.9. The molecule has 0 radical (unpaired) electrons. The standard InChI is InChI=1S/C21H33N3O2/c1-19(2,3)15-10-8-9-11-16(15)23-17(25)18(26)24-20(4,5)12-14(22)13-21(24,6)7/h8-11,14H,12-13,22H2,1-7H3,(H,23,25). The van der Waals surface area contributed by atoms with E-state index in [2.05, 4.69) is 26.1 Å². The predicted molar refractivity (Wildman–Crippen MR) is 106 cm³/mol. The highest BCUT2D eigenvalue weighted by atomic mass is 16.2. The van der Waals surface area contributed by atoms with Gasteiger partial charge in [-0.05, 0) is 57.6 Å². The van der Waals surface area contributed by atoms with Gasteiger partial charge in [0.1, 0.15) is 0 Å². The molecule has 0 spiro atoms. The van der Waals surface area contributed by atoms with Crippen molar-refractivity contribution < 1.29 is 9.59 Å². The molecule has 2 amide bonds. The molecule has 0 aromatic heterocycles. The van der Waals surface area contributed by atoms with E-state index in [-0.39, 0.29) is 11.5 Å². The minimum Gasteiger partial charge on any atom is -0.328 e. The monoisotopic (exact) mass is 359 g/mol. The van der Waals surface area contributed by atoms with Crippen molar-refractivity contribution in [1.29, 1.82) is 0 Å². The SMILES string of the molecule is CC(C)(C)c1ccccc1NC(=O)C(=O)N1C(C)(C)CC(N)CC1(C)C. The molecule has 0 aliphatic carbocycles. The van der Waals surface area contributed by atoms with Crippen molar-refractivity contribution in [2.45, 2.75) is 83.8 Å². The number of carbonyl (C=O) groups is 2. The van der Waals surface area contributed by atoms with Gasteiger partial charge < -0.3 is 16.0 Å². The summed E-state index contributed by atoms with van der Waals surface area (Å²) in [4.78, 5) is 27.6. The third-order valence-corrected chi connectivity index (χ3v) is 5.11. The maximum Gasteiger partial charge on any atom is 0.313 e. The van der Waals surface area contributed by atoms with Crippen LogP contribution in [0.5, 0.6) is 0 Å². The number of hydrogen-bond donors (Lipinski definition) is 2. The lowest BCUT2D eigenvalue weighted by Gasteiger charge is -2.54. The van der Waals surface area contributed by atoms with Gasteiger partial charge in [0.15, 0.2) is 0 Å². The zero-order valence-electron chi connectivity index (χ0n) is 17.1. The van der Waals surface area contributed by atoms with E-state index >= 15 is 0 Å². The number of likely N-dealkylation sites (tertiary alicyclic amines) is 1. The molecule has 5 nitrogen and oxygen atoms in total. The Balaban J connectivity index is 2.30. The van der Waals surface area contributed by atoms with Gasteiger partial charge in [0.25, 0.3) is 0 Å². The van der Waals surface area contributed by atoms with Gasteiger partial charge in [-0.15, -0.1) is 0 Å². The number of nitrogens with two attached hydrogens (primary N) is 1. The largest absolute Gasteiger partial charge is 0.328 e. The van der Waals surface area contributed by atoms with E-state index in [0.717, 1.165) is 5.56 Å². The van der Waals surface area contributed by atoms with Crippen molar-refractivity contribution >= 4 is 17.5 Å². The first-order valence-corrected chi connectivity index (χ1v) is 9.26. The van der Waals surface area contributed by atoms with Crippen LogP contribution in [0.4, 0.5) is 5.69 Å². The molecule has 1 aromatic rings. The van der Waals surface area contributed by atoms with Gasteiger partial charge in [-0.25, -0.2) is 0 Å². The molecule has 0 atom stereocenters. The molecule has 1 aliphatic rings. The summed E-state index contributed by atoms with van der Waals surface area (Å²) in [7, 11) is 0. The molecule has 1 heterocycles. The van der Waals surface area contributed by atoms with Gasteiger partial charge in [0.05, 0.1) is 0 Å². The lowest BCUT2D eigenvalue weighted by atomic mass is 9.77. The van der Waals surface area contributed by atoms with E-state index in [1.807, 2.05) is 52.0 Å². The second kappa shape index (κ2) is 6.69. The van der Waals surface area contributed by atoms with Crippen LogP contribution in [0, 0.1) is 0 Å². The quantitative estimate of drug-likeness (QED) is 0.754. The average molecular weight is 360 g/mol. The highest BCUT2D eigenvalue weighted by Gasteiger charge is 2.48. The zero-order chi connectivity index (χ0) is 19.9. The van der Waals surface area contributed by atoms with Gasteiger partial charge >= 0.3 is 11.8 Å².